The van der Waals surface area contributed by atoms with Crippen LogP contribution in [0.1, 0.15) is 0 Å². The fraction of sp³-hybridized carbons (Fsp3) is 0.235. The van der Waals surface area contributed by atoms with Crippen LogP contribution in [-0.2, 0) is 4.79 Å². The first-order chi connectivity index (χ1) is 10.2. The lowest BCUT2D eigenvalue weighted by molar-refractivity contribution is -0.128. The monoisotopic (exact) mass is 286 g/mol. The van der Waals surface area contributed by atoms with Crippen molar-refractivity contribution in [2.75, 3.05) is 31.6 Å². The molecular formula is C17H22N2O2. The van der Waals surface area contributed by atoms with Crippen molar-refractivity contribution in [2.24, 2.45) is 0 Å². The fourth-order valence-electron chi connectivity index (χ4n) is 1.76. The predicted molar refractivity (Wildman–Crippen MR) is 87.6 cm³/mol. The van der Waals surface area contributed by atoms with Crippen molar-refractivity contribution in [2.45, 2.75) is 0 Å². The van der Waals surface area contributed by atoms with Gasteiger partial charge in [0.1, 0.15) is 12.4 Å². The van der Waals surface area contributed by atoms with Gasteiger partial charge in [0.05, 0.1) is 12.2 Å². The van der Waals surface area contributed by atoms with Crippen LogP contribution in [0.15, 0.2) is 62.2 Å². The van der Waals surface area contributed by atoms with Crippen LogP contribution < -0.4 is 10.1 Å². The molecule has 0 aliphatic rings. The molecule has 0 aromatic heterocycles. The number of carbonyl (C=O) groups excluding carboxylic acids is 1. The van der Waals surface area contributed by atoms with Gasteiger partial charge < -0.3 is 15.0 Å². The molecule has 0 saturated heterocycles. The van der Waals surface area contributed by atoms with E-state index in [0.717, 1.165) is 5.69 Å². The van der Waals surface area contributed by atoms with E-state index in [1.165, 1.54) is 0 Å². The normalized spacial score (nSPS) is 9.52. The van der Waals surface area contributed by atoms with Crippen molar-refractivity contribution in [3.05, 3.63) is 62.2 Å². The summed E-state index contributed by atoms with van der Waals surface area (Å²) in [7, 11) is 0. The van der Waals surface area contributed by atoms with Gasteiger partial charge in [0.25, 0.3) is 0 Å². The van der Waals surface area contributed by atoms with Gasteiger partial charge in [-0.2, -0.15) is 0 Å². The molecule has 0 spiro atoms. The summed E-state index contributed by atoms with van der Waals surface area (Å²) in [4.78, 5) is 13.8. The summed E-state index contributed by atoms with van der Waals surface area (Å²) in [5.74, 6) is 0.678. The molecule has 1 rings (SSSR count). The number of nitrogens with zero attached hydrogens (tertiary/aromatic N) is 1. The number of anilines is 1. The summed E-state index contributed by atoms with van der Waals surface area (Å²) in [5, 5.41) is 3.10. The maximum Gasteiger partial charge on any atom is 0.242 e. The number of rotatable bonds is 10. The zero-order valence-electron chi connectivity index (χ0n) is 12.3. The lowest BCUT2D eigenvalue weighted by Crippen LogP contribution is -2.35. The van der Waals surface area contributed by atoms with E-state index in [4.69, 9.17) is 4.74 Å². The van der Waals surface area contributed by atoms with Crippen LogP contribution in [0.4, 0.5) is 5.69 Å². The van der Waals surface area contributed by atoms with Crippen LogP contribution in [-0.4, -0.2) is 37.0 Å². The van der Waals surface area contributed by atoms with Crippen LogP contribution in [0.5, 0.6) is 5.75 Å². The maximum atomic E-state index is 12.1. The first-order valence-corrected chi connectivity index (χ1v) is 6.79. The van der Waals surface area contributed by atoms with Gasteiger partial charge in [-0.25, -0.2) is 0 Å². The number of hydrogen-bond donors (Lipinski definition) is 1. The molecule has 0 atom stereocenters. The minimum atomic E-state index is -0.0201. The molecule has 0 bridgehead atoms. The SMILES string of the molecule is C=CCOc1ccccc1NCC(=O)N(CC=C)CC=C. The lowest BCUT2D eigenvalue weighted by Gasteiger charge is -2.20. The largest absolute Gasteiger partial charge is 0.487 e. The average molecular weight is 286 g/mol. The topological polar surface area (TPSA) is 41.6 Å². The van der Waals surface area contributed by atoms with Gasteiger partial charge in [-0.3, -0.25) is 4.79 Å². The summed E-state index contributed by atoms with van der Waals surface area (Å²) in [5.41, 5.74) is 0.782. The van der Waals surface area contributed by atoms with E-state index in [9.17, 15) is 4.79 Å². The molecule has 0 unspecified atom stereocenters. The van der Waals surface area contributed by atoms with Gasteiger partial charge in [-0.05, 0) is 12.1 Å². The zero-order valence-corrected chi connectivity index (χ0v) is 12.3. The molecule has 0 fully saturated rings. The smallest absolute Gasteiger partial charge is 0.242 e. The average Bonchev–Trinajstić information content (AvgIpc) is 2.51. The standard InChI is InChI=1S/C17H22N2O2/c1-4-11-19(12-5-2)17(20)14-18-15-9-7-8-10-16(15)21-13-6-3/h4-10,18H,1-3,11-14H2. The Morgan fingerprint density at radius 1 is 1.14 bits per heavy atom. The third-order valence-corrected chi connectivity index (χ3v) is 2.73. The summed E-state index contributed by atoms with van der Waals surface area (Å²) in [6.45, 7) is 12.5. The highest BCUT2D eigenvalue weighted by atomic mass is 16.5. The Labute approximate surface area is 126 Å². The molecule has 1 aromatic rings. The highest BCUT2D eigenvalue weighted by Gasteiger charge is 2.11. The number of amides is 1. The molecule has 21 heavy (non-hydrogen) atoms. The fourth-order valence-corrected chi connectivity index (χ4v) is 1.76. The van der Waals surface area contributed by atoms with Crippen molar-refractivity contribution < 1.29 is 9.53 Å². The Hall–Kier alpha value is -2.49. The highest BCUT2D eigenvalue weighted by molar-refractivity contribution is 5.81. The quantitative estimate of drug-likeness (QED) is 0.672. The van der Waals surface area contributed by atoms with Gasteiger partial charge in [0, 0.05) is 13.1 Å². The minimum absolute atomic E-state index is 0.0201. The summed E-state index contributed by atoms with van der Waals surface area (Å²) >= 11 is 0. The van der Waals surface area contributed by atoms with Crippen LogP contribution in [0.3, 0.4) is 0 Å². The number of hydrogen-bond acceptors (Lipinski definition) is 3. The summed E-state index contributed by atoms with van der Waals surface area (Å²) in [6.07, 6.45) is 5.07. The molecule has 1 amide bonds. The number of benzene rings is 1. The zero-order chi connectivity index (χ0) is 15.5. The molecule has 0 heterocycles. The van der Waals surface area contributed by atoms with Gasteiger partial charge in [0.2, 0.25) is 5.91 Å². The number of carbonyl (C=O) groups is 1. The number of para-hydroxylation sites is 2. The molecule has 0 radical (unpaired) electrons. The number of nitrogens with one attached hydrogen (secondary N) is 1. The molecule has 0 aliphatic carbocycles. The van der Waals surface area contributed by atoms with Crippen LogP contribution in [0.25, 0.3) is 0 Å². The molecule has 112 valence electrons. The van der Waals surface area contributed by atoms with Gasteiger partial charge in [-0.15, -0.1) is 13.2 Å². The Balaban J connectivity index is 2.64. The minimum Gasteiger partial charge on any atom is -0.487 e. The van der Waals surface area contributed by atoms with E-state index in [1.54, 1.807) is 23.1 Å². The molecule has 0 saturated carbocycles. The Bertz CT molecular complexity index is 487. The van der Waals surface area contributed by atoms with E-state index in [-0.39, 0.29) is 12.5 Å². The number of ether oxygens (including phenoxy) is 1. The predicted octanol–water partition coefficient (Wildman–Crippen LogP) is 2.86. The van der Waals surface area contributed by atoms with Crippen molar-refractivity contribution in [1.29, 1.82) is 0 Å². The van der Waals surface area contributed by atoms with Gasteiger partial charge in [0.15, 0.2) is 0 Å². The molecule has 4 nitrogen and oxygen atoms in total. The van der Waals surface area contributed by atoms with Crippen molar-refractivity contribution in [3.8, 4) is 5.75 Å². The van der Waals surface area contributed by atoms with Crippen LogP contribution in [0, 0.1) is 0 Å². The van der Waals surface area contributed by atoms with E-state index in [2.05, 4.69) is 25.1 Å². The second kappa shape index (κ2) is 9.42. The Morgan fingerprint density at radius 3 is 2.43 bits per heavy atom. The van der Waals surface area contributed by atoms with Crippen molar-refractivity contribution in [1.82, 2.24) is 4.90 Å². The molecule has 0 aliphatic heterocycles. The summed E-state index contributed by atoms with van der Waals surface area (Å²) < 4.78 is 5.54. The summed E-state index contributed by atoms with van der Waals surface area (Å²) in [6, 6.07) is 7.49. The van der Waals surface area contributed by atoms with Crippen LogP contribution in [0.2, 0.25) is 0 Å². The second-order valence-electron chi connectivity index (χ2n) is 4.33. The van der Waals surface area contributed by atoms with Gasteiger partial charge >= 0.3 is 0 Å². The van der Waals surface area contributed by atoms with Crippen molar-refractivity contribution >= 4 is 11.6 Å². The van der Waals surface area contributed by atoms with E-state index in [1.807, 2.05) is 24.3 Å². The molecule has 1 N–H and O–H groups in total. The van der Waals surface area contributed by atoms with E-state index < -0.39 is 0 Å². The third-order valence-electron chi connectivity index (χ3n) is 2.73. The third kappa shape index (κ3) is 5.57. The maximum absolute atomic E-state index is 12.1. The molecule has 4 heteroatoms. The molecule has 1 aromatic carbocycles. The van der Waals surface area contributed by atoms with Gasteiger partial charge in [-0.1, -0.05) is 36.9 Å². The lowest BCUT2D eigenvalue weighted by atomic mass is 10.3. The second-order valence-corrected chi connectivity index (χ2v) is 4.33. The van der Waals surface area contributed by atoms with E-state index >= 15 is 0 Å². The first kappa shape index (κ1) is 16.6. The van der Waals surface area contributed by atoms with Crippen molar-refractivity contribution in [3.63, 3.8) is 0 Å². The van der Waals surface area contributed by atoms with E-state index in [0.29, 0.717) is 25.4 Å². The Kier molecular flexibility index (Phi) is 7.43. The highest BCUT2D eigenvalue weighted by Crippen LogP contribution is 2.23. The Morgan fingerprint density at radius 2 is 1.81 bits per heavy atom. The van der Waals surface area contributed by atoms with Crippen LogP contribution >= 0.6 is 0 Å². The molecular weight excluding hydrogens is 264 g/mol. The first-order valence-electron chi connectivity index (χ1n) is 6.79.